The zero-order chi connectivity index (χ0) is 19.4. The molecule has 0 saturated heterocycles. The summed E-state index contributed by atoms with van der Waals surface area (Å²) in [5, 5.41) is 5.63. The van der Waals surface area contributed by atoms with Crippen LogP contribution >= 0.6 is 0 Å². The lowest BCUT2D eigenvalue weighted by Gasteiger charge is -2.30. The van der Waals surface area contributed by atoms with Crippen molar-refractivity contribution in [1.29, 1.82) is 0 Å². The summed E-state index contributed by atoms with van der Waals surface area (Å²) in [7, 11) is 0. The second-order valence-corrected chi connectivity index (χ2v) is 7.08. The van der Waals surface area contributed by atoms with Gasteiger partial charge in [-0.15, -0.1) is 0 Å². The number of rotatable bonds is 8. The monoisotopic (exact) mass is 376 g/mol. The molecule has 6 nitrogen and oxygen atoms in total. The molecule has 3 rings (SSSR count). The molecule has 27 heavy (non-hydrogen) atoms. The molecule has 1 aromatic rings. The normalized spacial score (nSPS) is 20.7. The first-order valence-corrected chi connectivity index (χ1v) is 9.58. The van der Waals surface area contributed by atoms with Crippen molar-refractivity contribution in [3.05, 3.63) is 46.9 Å². The number of carbonyl (C=O) groups excluding carboxylic acids is 2. The maximum Gasteiger partial charge on any atom is 0.338 e. The number of benzene rings is 1. The lowest BCUT2D eigenvalue weighted by molar-refractivity contribution is -0.920. The van der Waals surface area contributed by atoms with Crippen LogP contribution in [-0.4, -0.2) is 37.2 Å². The number of hydrogen-bond acceptors (Lipinski definition) is 3. The molecular formula is C20H27FN3O3+. The number of nitrogens with one attached hydrogen (secondary N) is 3. The SMILES string of the molecule is CCOC(=O)C1=C(C[NH+](Cc2ccc(F)cc2)C2CC2)NC(=O)N[C@@H]1CC. The number of halogens is 1. The van der Waals surface area contributed by atoms with Gasteiger partial charge in [0.2, 0.25) is 0 Å². The van der Waals surface area contributed by atoms with E-state index in [4.69, 9.17) is 4.74 Å². The fraction of sp³-hybridized carbons (Fsp3) is 0.500. The molecule has 146 valence electrons. The Kier molecular flexibility index (Phi) is 6.11. The van der Waals surface area contributed by atoms with E-state index in [2.05, 4.69) is 10.6 Å². The van der Waals surface area contributed by atoms with E-state index < -0.39 is 0 Å². The third-order valence-electron chi connectivity index (χ3n) is 5.05. The van der Waals surface area contributed by atoms with E-state index in [9.17, 15) is 14.0 Å². The van der Waals surface area contributed by atoms with Gasteiger partial charge in [-0.3, -0.25) is 0 Å². The van der Waals surface area contributed by atoms with Crippen LogP contribution in [-0.2, 0) is 16.1 Å². The van der Waals surface area contributed by atoms with Crippen molar-refractivity contribution in [3.8, 4) is 0 Å². The first kappa shape index (κ1) is 19.4. The second-order valence-electron chi connectivity index (χ2n) is 7.08. The highest BCUT2D eigenvalue weighted by Crippen LogP contribution is 2.19. The van der Waals surface area contributed by atoms with Crippen molar-refractivity contribution in [1.82, 2.24) is 10.6 Å². The summed E-state index contributed by atoms with van der Waals surface area (Å²) < 4.78 is 18.4. The van der Waals surface area contributed by atoms with Gasteiger partial charge in [0, 0.05) is 18.4 Å². The van der Waals surface area contributed by atoms with Crippen molar-refractivity contribution in [2.75, 3.05) is 13.2 Å². The van der Waals surface area contributed by atoms with Crippen molar-refractivity contribution >= 4 is 12.0 Å². The lowest BCUT2D eigenvalue weighted by Crippen LogP contribution is -3.12. The topological polar surface area (TPSA) is 71.9 Å². The van der Waals surface area contributed by atoms with Crippen LogP contribution in [0, 0.1) is 5.82 Å². The van der Waals surface area contributed by atoms with Crippen molar-refractivity contribution in [2.24, 2.45) is 0 Å². The number of esters is 1. The minimum Gasteiger partial charge on any atom is -0.463 e. The molecular weight excluding hydrogens is 349 g/mol. The fourth-order valence-corrected chi connectivity index (χ4v) is 3.54. The molecule has 1 aliphatic carbocycles. The molecule has 0 radical (unpaired) electrons. The molecule has 1 saturated carbocycles. The van der Waals surface area contributed by atoms with E-state index in [1.165, 1.54) is 17.0 Å². The Morgan fingerprint density at radius 2 is 1.93 bits per heavy atom. The smallest absolute Gasteiger partial charge is 0.338 e. The standard InChI is InChI=1S/C20H26FN3O3/c1-3-16-18(19(25)27-4-2)17(23-20(26)22-16)12-24(15-9-10-15)11-13-5-7-14(21)8-6-13/h5-8,15-16H,3-4,9-12H2,1-2H3,(H2,22,23,26)/p+1/t16-/m1/s1. The van der Waals surface area contributed by atoms with E-state index >= 15 is 0 Å². The average molecular weight is 376 g/mol. The molecule has 3 N–H and O–H groups in total. The van der Waals surface area contributed by atoms with Crippen LogP contribution < -0.4 is 15.5 Å². The van der Waals surface area contributed by atoms with Gasteiger partial charge in [0.15, 0.2) is 0 Å². The van der Waals surface area contributed by atoms with Crippen molar-refractivity contribution < 1.29 is 23.6 Å². The Hall–Kier alpha value is -2.41. The molecule has 0 aromatic heterocycles. The maximum atomic E-state index is 13.2. The lowest BCUT2D eigenvalue weighted by atomic mass is 9.99. The molecule has 1 fully saturated rings. The molecule has 2 aliphatic rings. The third kappa shape index (κ3) is 4.86. The number of amides is 2. The first-order valence-electron chi connectivity index (χ1n) is 9.58. The Labute approximate surface area is 158 Å². The van der Waals surface area contributed by atoms with Crippen LogP contribution in [0.25, 0.3) is 0 Å². The molecule has 0 bridgehead atoms. The highest BCUT2D eigenvalue weighted by atomic mass is 19.1. The van der Waals surface area contributed by atoms with Crippen molar-refractivity contribution in [2.45, 2.75) is 51.7 Å². The van der Waals surface area contributed by atoms with Gasteiger partial charge >= 0.3 is 12.0 Å². The molecule has 1 aromatic carbocycles. The molecule has 2 atom stereocenters. The summed E-state index contributed by atoms with van der Waals surface area (Å²) in [6, 6.07) is 6.34. The number of carbonyl (C=O) groups is 2. The molecule has 1 unspecified atom stereocenters. The molecule has 7 heteroatoms. The van der Waals surface area contributed by atoms with Crippen LogP contribution in [0.5, 0.6) is 0 Å². The van der Waals surface area contributed by atoms with Crippen LogP contribution in [0.4, 0.5) is 9.18 Å². The Morgan fingerprint density at radius 1 is 1.22 bits per heavy atom. The van der Waals surface area contributed by atoms with E-state index in [0.717, 1.165) is 18.4 Å². The van der Waals surface area contributed by atoms with Gasteiger partial charge in [0.05, 0.1) is 30.0 Å². The van der Waals surface area contributed by atoms with Crippen LogP contribution in [0.1, 0.15) is 38.7 Å². The summed E-state index contributed by atoms with van der Waals surface area (Å²) in [4.78, 5) is 25.9. The molecule has 2 amide bonds. The van der Waals surface area contributed by atoms with Gasteiger partial charge in [-0.05, 0) is 25.5 Å². The second kappa shape index (κ2) is 8.52. The number of quaternary nitrogens is 1. The van der Waals surface area contributed by atoms with E-state index in [1.54, 1.807) is 19.1 Å². The zero-order valence-corrected chi connectivity index (χ0v) is 15.8. The minimum atomic E-state index is -0.385. The van der Waals surface area contributed by atoms with Gasteiger partial charge in [0.25, 0.3) is 0 Å². The van der Waals surface area contributed by atoms with Gasteiger partial charge in [-0.2, -0.15) is 0 Å². The highest BCUT2D eigenvalue weighted by Gasteiger charge is 2.38. The van der Waals surface area contributed by atoms with Gasteiger partial charge < -0.3 is 20.3 Å². The molecule has 1 heterocycles. The highest BCUT2D eigenvalue weighted by molar-refractivity contribution is 5.94. The summed E-state index contributed by atoms with van der Waals surface area (Å²) >= 11 is 0. The number of hydrogen-bond donors (Lipinski definition) is 3. The summed E-state index contributed by atoms with van der Waals surface area (Å²) in [6.45, 7) is 5.22. The van der Waals surface area contributed by atoms with E-state index in [-0.39, 0.29) is 30.5 Å². The molecule has 0 spiro atoms. The zero-order valence-electron chi connectivity index (χ0n) is 15.8. The van der Waals surface area contributed by atoms with Crippen LogP contribution in [0.3, 0.4) is 0 Å². The largest absolute Gasteiger partial charge is 0.463 e. The molecule has 1 aliphatic heterocycles. The van der Waals surface area contributed by atoms with Crippen LogP contribution in [0.15, 0.2) is 35.5 Å². The van der Waals surface area contributed by atoms with Gasteiger partial charge in [-0.25, -0.2) is 14.0 Å². The number of ether oxygens (including phenoxy) is 1. The van der Waals surface area contributed by atoms with Crippen LogP contribution in [0.2, 0.25) is 0 Å². The van der Waals surface area contributed by atoms with Gasteiger partial charge in [0.1, 0.15) is 18.9 Å². The minimum absolute atomic E-state index is 0.254. The first-order chi connectivity index (χ1) is 13.0. The predicted octanol–water partition coefficient (Wildman–Crippen LogP) is 1.28. The average Bonchev–Trinajstić information content (AvgIpc) is 3.47. The van der Waals surface area contributed by atoms with Crippen molar-refractivity contribution in [3.63, 3.8) is 0 Å². The van der Waals surface area contributed by atoms with Gasteiger partial charge in [-0.1, -0.05) is 19.1 Å². The number of urea groups is 1. The maximum absolute atomic E-state index is 13.2. The van der Waals surface area contributed by atoms with E-state index in [1.807, 2.05) is 6.92 Å². The third-order valence-corrected chi connectivity index (χ3v) is 5.05. The Bertz CT molecular complexity index is 728. The van der Waals surface area contributed by atoms with E-state index in [0.29, 0.717) is 36.8 Å². The summed E-state index contributed by atoms with van der Waals surface area (Å²) in [5.74, 6) is -0.640. The predicted molar refractivity (Wildman–Crippen MR) is 98.4 cm³/mol. The Balaban J connectivity index is 1.85. The Morgan fingerprint density at radius 3 is 2.52 bits per heavy atom. The summed E-state index contributed by atoms with van der Waals surface area (Å²) in [6.07, 6.45) is 2.84. The fourth-order valence-electron chi connectivity index (χ4n) is 3.54. The summed E-state index contributed by atoms with van der Waals surface area (Å²) in [5.41, 5.74) is 2.17. The quantitative estimate of drug-likeness (QED) is 0.599.